The Kier molecular flexibility index (Phi) is 7.02. The lowest BCUT2D eigenvalue weighted by Crippen LogP contribution is -2.22. The maximum atomic E-state index is 13.1. The summed E-state index contributed by atoms with van der Waals surface area (Å²) < 4.78 is 17.4. The molecule has 0 bridgehead atoms. The van der Waals surface area contributed by atoms with Crippen LogP contribution in [0.1, 0.15) is 50.6 Å². The van der Waals surface area contributed by atoms with Crippen LogP contribution in [0.3, 0.4) is 0 Å². The molecule has 1 aliphatic rings. The number of methoxy groups -OCH3 is 2. The predicted molar refractivity (Wildman–Crippen MR) is 132 cm³/mol. The maximum Gasteiger partial charge on any atom is 0.291 e. The maximum absolute atomic E-state index is 13.1. The van der Waals surface area contributed by atoms with E-state index in [1.807, 2.05) is 6.92 Å². The van der Waals surface area contributed by atoms with Gasteiger partial charge < -0.3 is 19.2 Å². The van der Waals surface area contributed by atoms with Crippen molar-refractivity contribution in [2.45, 2.75) is 26.2 Å². The van der Waals surface area contributed by atoms with E-state index in [2.05, 4.69) is 31.8 Å². The molecule has 0 aliphatic heterocycles. The van der Waals surface area contributed by atoms with Crippen molar-refractivity contribution in [2.24, 2.45) is 5.10 Å². The molecule has 1 aromatic heterocycles. The van der Waals surface area contributed by atoms with Crippen LogP contribution in [0.15, 0.2) is 56.5 Å². The molecule has 0 radical (unpaired) electrons. The molecule has 3 aromatic rings. The first-order valence-electron chi connectivity index (χ1n) is 10.7. The van der Waals surface area contributed by atoms with Gasteiger partial charge in [-0.3, -0.25) is 9.59 Å². The second-order valence-corrected chi connectivity index (χ2v) is 8.65. The average Bonchev–Trinajstić information content (AvgIpc) is 3.20. The van der Waals surface area contributed by atoms with Gasteiger partial charge in [0.15, 0.2) is 5.76 Å². The van der Waals surface area contributed by atoms with E-state index in [9.17, 15) is 9.59 Å². The Morgan fingerprint density at radius 3 is 2.50 bits per heavy atom. The van der Waals surface area contributed by atoms with E-state index < -0.39 is 5.91 Å². The van der Waals surface area contributed by atoms with Gasteiger partial charge >= 0.3 is 0 Å². The molecule has 9 heteroatoms. The number of hydrogen-bond acceptors (Lipinski definition) is 6. The summed E-state index contributed by atoms with van der Waals surface area (Å²) >= 11 is 3.36. The standard InChI is InChI=1S/C25H24BrN3O5/c1-14-22-18(28-29-24(30)15-7-9-16(26)10-8-15)5-4-6-21(22)34-23(14)25(31)27-19-13-17(32-2)11-12-20(19)33-3/h7-13H,4-6H2,1-3H3,(H,27,31)(H,29,30)/b28-18+. The SMILES string of the molecule is COc1ccc(OC)c(NC(=O)c2oc3c(c2C)/C(=N/NC(=O)c2ccc(Br)cc2)CCC3)c1. The third-order valence-electron chi connectivity index (χ3n) is 5.59. The largest absolute Gasteiger partial charge is 0.497 e. The quantitative estimate of drug-likeness (QED) is 0.436. The Hall–Kier alpha value is -3.59. The number of benzene rings is 2. The van der Waals surface area contributed by atoms with Crippen LogP contribution in [-0.4, -0.2) is 31.7 Å². The van der Waals surface area contributed by atoms with Crippen molar-refractivity contribution < 1.29 is 23.5 Å². The van der Waals surface area contributed by atoms with Gasteiger partial charge in [-0.2, -0.15) is 5.10 Å². The third kappa shape index (κ3) is 4.84. The highest BCUT2D eigenvalue weighted by Crippen LogP contribution is 2.33. The van der Waals surface area contributed by atoms with Crippen molar-refractivity contribution in [3.63, 3.8) is 0 Å². The Labute approximate surface area is 205 Å². The molecule has 1 aliphatic carbocycles. The van der Waals surface area contributed by atoms with Crippen LogP contribution in [0.25, 0.3) is 0 Å². The molecule has 0 unspecified atom stereocenters. The smallest absolute Gasteiger partial charge is 0.291 e. The van der Waals surface area contributed by atoms with Crippen LogP contribution in [0.2, 0.25) is 0 Å². The number of ether oxygens (including phenoxy) is 2. The number of anilines is 1. The number of hydrazone groups is 1. The molecule has 0 atom stereocenters. The number of furan rings is 1. The molecule has 4 rings (SSSR count). The molecule has 2 aromatic carbocycles. The lowest BCUT2D eigenvalue weighted by Gasteiger charge is -2.13. The summed E-state index contributed by atoms with van der Waals surface area (Å²) in [6.45, 7) is 1.82. The van der Waals surface area contributed by atoms with Crippen LogP contribution in [0, 0.1) is 6.92 Å². The lowest BCUT2D eigenvalue weighted by molar-refractivity contribution is 0.0953. The van der Waals surface area contributed by atoms with Gasteiger partial charge in [0, 0.05) is 33.7 Å². The van der Waals surface area contributed by atoms with Crippen LogP contribution < -0.4 is 20.2 Å². The summed E-state index contributed by atoms with van der Waals surface area (Å²) in [5, 5.41) is 7.21. The number of nitrogens with one attached hydrogen (secondary N) is 2. The molecule has 8 nitrogen and oxygen atoms in total. The number of carbonyl (C=O) groups excluding carboxylic acids is 2. The minimum Gasteiger partial charge on any atom is -0.497 e. The van der Waals surface area contributed by atoms with Crippen molar-refractivity contribution >= 4 is 39.1 Å². The Morgan fingerprint density at radius 2 is 1.79 bits per heavy atom. The van der Waals surface area contributed by atoms with Gasteiger partial charge in [-0.15, -0.1) is 0 Å². The number of hydrogen-bond donors (Lipinski definition) is 2. The minimum absolute atomic E-state index is 0.198. The molecule has 0 saturated carbocycles. The van der Waals surface area contributed by atoms with Crippen molar-refractivity contribution in [1.29, 1.82) is 0 Å². The first-order chi connectivity index (χ1) is 16.4. The topological polar surface area (TPSA) is 102 Å². The van der Waals surface area contributed by atoms with E-state index in [1.54, 1.807) is 49.6 Å². The van der Waals surface area contributed by atoms with Gasteiger partial charge in [0.05, 0.1) is 25.6 Å². The predicted octanol–water partition coefficient (Wildman–Crippen LogP) is 5.09. The normalized spacial score (nSPS) is 13.8. The fourth-order valence-electron chi connectivity index (χ4n) is 3.87. The number of nitrogens with zero attached hydrogens (tertiary/aromatic N) is 1. The fourth-order valence-corrected chi connectivity index (χ4v) is 4.14. The summed E-state index contributed by atoms with van der Waals surface area (Å²) in [4.78, 5) is 25.6. The number of carbonyl (C=O) groups is 2. The van der Waals surface area contributed by atoms with Crippen LogP contribution in [-0.2, 0) is 6.42 Å². The minimum atomic E-state index is -0.406. The number of halogens is 1. The van der Waals surface area contributed by atoms with E-state index >= 15 is 0 Å². The molecule has 0 spiro atoms. The van der Waals surface area contributed by atoms with E-state index in [1.165, 1.54) is 7.11 Å². The number of fused-ring (bicyclic) bond motifs is 1. The molecule has 2 N–H and O–H groups in total. The van der Waals surface area contributed by atoms with Gasteiger partial charge in [0.2, 0.25) is 0 Å². The highest BCUT2D eigenvalue weighted by molar-refractivity contribution is 9.10. The molecule has 34 heavy (non-hydrogen) atoms. The first kappa shape index (κ1) is 23.6. The molecule has 2 amide bonds. The summed E-state index contributed by atoms with van der Waals surface area (Å²) in [5.41, 5.74) is 5.72. The van der Waals surface area contributed by atoms with E-state index in [-0.39, 0.29) is 11.7 Å². The van der Waals surface area contributed by atoms with Crippen LogP contribution in [0.5, 0.6) is 11.5 Å². The van der Waals surface area contributed by atoms with Gasteiger partial charge in [0.25, 0.3) is 11.8 Å². The van der Waals surface area contributed by atoms with Crippen molar-refractivity contribution in [1.82, 2.24) is 5.43 Å². The summed E-state index contributed by atoms with van der Waals surface area (Å²) in [5.74, 6) is 1.25. The molecular weight excluding hydrogens is 502 g/mol. The number of aryl methyl sites for hydroxylation is 1. The third-order valence-corrected chi connectivity index (χ3v) is 6.11. The monoisotopic (exact) mass is 525 g/mol. The lowest BCUT2D eigenvalue weighted by atomic mass is 9.93. The zero-order chi connectivity index (χ0) is 24.2. The zero-order valence-electron chi connectivity index (χ0n) is 19.0. The van der Waals surface area contributed by atoms with Crippen molar-refractivity contribution in [3.05, 3.63) is 75.1 Å². The highest BCUT2D eigenvalue weighted by Gasteiger charge is 2.28. The summed E-state index contributed by atoms with van der Waals surface area (Å²) in [6, 6.07) is 12.2. The van der Waals surface area contributed by atoms with Crippen LogP contribution >= 0.6 is 15.9 Å². The second kappa shape index (κ2) is 10.1. The Bertz CT molecular complexity index is 1260. The number of amides is 2. The van der Waals surface area contributed by atoms with E-state index in [0.29, 0.717) is 52.6 Å². The fraction of sp³-hybridized carbons (Fsp3) is 0.240. The van der Waals surface area contributed by atoms with Crippen LogP contribution in [0.4, 0.5) is 5.69 Å². The zero-order valence-corrected chi connectivity index (χ0v) is 20.6. The molecular formula is C25H24BrN3O5. The van der Waals surface area contributed by atoms with Gasteiger partial charge in [-0.25, -0.2) is 5.43 Å². The molecule has 0 saturated heterocycles. The van der Waals surface area contributed by atoms with Crippen molar-refractivity contribution in [3.8, 4) is 11.5 Å². The van der Waals surface area contributed by atoms with E-state index in [4.69, 9.17) is 13.9 Å². The van der Waals surface area contributed by atoms with Gasteiger partial charge in [0.1, 0.15) is 17.3 Å². The Morgan fingerprint density at radius 1 is 1.03 bits per heavy atom. The average molecular weight is 526 g/mol. The van der Waals surface area contributed by atoms with Gasteiger partial charge in [-0.1, -0.05) is 15.9 Å². The van der Waals surface area contributed by atoms with E-state index in [0.717, 1.165) is 16.5 Å². The number of rotatable bonds is 6. The molecule has 1 heterocycles. The Balaban J connectivity index is 1.58. The second-order valence-electron chi connectivity index (χ2n) is 7.73. The molecule has 0 fully saturated rings. The van der Waals surface area contributed by atoms with Crippen molar-refractivity contribution in [2.75, 3.05) is 19.5 Å². The molecule has 176 valence electrons. The van der Waals surface area contributed by atoms with Gasteiger partial charge in [-0.05, 0) is 56.2 Å². The summed E-state index contributed by atoms with van der Waals surface area (Å²) in [6.07, 6.45) is 2.15. The summed E-state index contributed by atoms with van der Waals surface area (Å²) in [7, 11) is 3.08. The highest BCUT2D eigenvalue weighted by atomic mass is 79.9. The first-order valence-corrected chi connectivity index (χ1v) is 11.5.